The van der Waals surface area contributed by atoms with Crippen LogP contribution in [0.25, 0.3) is 10.9 Å². The van der Waals surface area contributed by atoms with E-state index < -0.39 is 0 Å². The minimum Gasteiger partial charge on any atom is -0.493 e. The Labute approximate surface area is 152 Å². The monoisotopic (exact) mass is 351 g/mol. The lowest BCUT2D eigenvalue weighted by molar-refractivity contribution is 0.136. The van der Waals surface area contributed by atoms with Crippen molar-refractivity contribution >= 4 is 10.9 Å². The first kappa shape index (κ1) is 16.9. The molecule has 26 heavy (non-hydrogen) atoms. The molecule has 2 heterocycles. The molecule has 5 heteroatoms. The van der Waals surface area contributed by atoms with E-state index in [0.717, 1.165) is 48.1 Å². The number of hydrogen-bond acceptors (Lipinski definition) is 4. The van der Waals surface area contributed by atoms with Gasteiger partial charge in [-0.3, -0.25) is 4.90 Å². The number of hydrogen-bond donors (Lipinski definition) is 0. The Hall–Kier alpha value is -2.53. The number of halogens is 1. The standard InChI is InChI=1S/C21H22FN3O/c22-19-5-2-1-4-17(19)13-25-10-8-16(9-11-25)14-26-21-7-3-6-20-18(21)12-23-15-24-20/h1-7,12,15-16H,8-11,13-14H2. The first-order chi connectivity index (χ1) is 12.8. The van der Waals surface area contributed by atoms with Crippen LogP contribution in [0.4, 0.5) is 4.39 Å². The van der Waals surface area contributed by atoms with Gasteiger partial charge in [-0.15, -0.1) is 0 Å². The van der Waals surface area contributed by atoms with Crippen LogP contribution in [0.1, 0.15) is 18.4 Å². The van der Waals surface area contributed by atoms with Gasteiger partial charge in [-0.25, -0.2) is 14.4 Å². The summed E-state index contributed by atoms with van der Waals surface area (Å²) in [7, 11) is 0. The van der Waals surface area contributed by atoms with E-state index in [1.807, 2.05) is 30.3 Å². The lowest BCUT2D eigenvalue weighted by Gasteiger charge is -2.32. The number of rotatable bonds is 5. The maximum absolute atomic E-state index is 13.8. The molecule has 134 valence electrons. The van der Waals surface area contributed by atoms with Gasteiger partial charge in [-0.1, -0.05) is 24.3 Å². The highest BCUT2D eigenvalue weighted by Gasteiger charge is 2.20. The summed E-state index contributed by atoms with van der Waals surface area (Å²) in [4.78, 5) is 10.7. The summed E-state index contributed by atoms with van der Waals surface area (Å²) in [5.41, 5.74) is 1.68. The van der Waals surface area contributed by atoms with Gasteiger partial charge in [0.1, 0.15) is 17.9 Å². The van der Waals surface area contributed by atoms with Crippen LogP contribution < -0.4 is 4.74 Å². The summed E-state index contributed by atoms with van der Waals surface area (Å²) >= 11 is 0. The maximum Gasteiger partial charge on any atom is 0.130 e. The Bertz CT molecular complexity index is 873. The second-order valence-corrected chi connectivity index (χ2v) is 6.83. The van der Waals surface area contributed by atoms with Gasteiger partial charge in [-0.2, -0.15) is 0 Å². The summed E-state index contributed by atoms with van der Waals surface area (Å²) < 4.78 is 19.9. The fourth-order valence-corrected chi connectivity index (χ4v) is 3.49. The second-order valence-electron chi connectivity index (χ2n) is 6.83. The fourth-order valence-electron chi connectivity index (χ4n) is 3.49. The molecule has 1 aliphatic heterocycles. The van der Waals surface area contributed by atoms with Crippen LogP contribution in [0.3, 0.4) is 0 Å². The Morgan fingerprint density at radius 3 is 2.77 bits per heavy atom. The van der Waals surface area contributed by atoms with Crippen molar-refractivity contribution in [2.45, 2.75) is 19.4 Å². The number of fused-ring (bicyclic) bond motifs is 1. The molecule has 2 aromatic carbocycles. The van der Waals surface area contributed by atoms with Crippen molar-refractivity contribution < 1.29 is 9.13 Å². The van der Waals surface area contributed by atoms with E-state index >= 15 is 0 Å². The van der Waals surface area contributed by atoms with Gasteiger partial charge in [0, 0.05) is 18.3 Å². The zero-order chi connectivity index (χ0) is 17.8. The molecule has 4 nitrogen and oxygen atoms in total. The summed E-state index contributed by atoms with van der Waals surface area (Å²) in [5, 5.41) is 0.951. The van der Waals surface area contributed by atoms with Gasteiger partial charge in [0.15, 0.2) is 0 Å². The average Bonchev–Trinajstić information content (AvgIpc) is 2.69. The maximum atomic E-state index is 13.8. The Balaban J connectivity index is 1.31. The highest BCUT2D eigenvalue weighted by atomic mass is 19.1. The molecule has 1 aliphatic rings. The molecule has 0 unspecified atom stereocenters. The van der Waals surface area contributed by atoms with E-state index in [-0.39, 0.29) is 5.82 Å². The van der Waals surface area contributed by atoms with Crippen LogP contribution in [-0.2, 0) is 6.54 Å². The van der Waals surface area contributed by atoms with E-state index in [0.29, 0.717) is 19.1 Å². The molecular formula is C21H22FN3O. The normalized spacial score (nSPS) is 16.0. The molecule has 1 fully saturated rings. The molecule has 0 spiro atoms. The molecule has 0 aliphatic carbocycles. The largest absolute Gasteiger partial charge is 0.493 e. The van der Waals surface area contributed by atoms with Crippen molar-refractivity contribution in [3.63, 3.8) is 0 Å². The van der Waals surface area contributed by atoms with Gasteiger partial charge in [0.2, 0.25) is 0 Å². The van der Waals surface area contributed by atoms with Gasteiger partial charge in [0.25, 0.3) is 0 Å². The minimum atomic E-state index is -0.115. The van der Waals surface area contributed by atoms with Crippen molar-refractivity contribution in [1.29, 1.82) is 0 Å². The number of piperidine rings is 1. The molecule has 0 saturated carbocycles. The van der Waals surface area contributed by atoms with Crippen molar-refractivity contribution in [2.24, 2.45) is 5.92 Å². The lowest BCUT2D eigenvalue weighted by atomic mass is 9.97. The van der Waals surface area contributed by atoms with Crippen LogP contribution in [-0.4, -0.2) is 34.6 Å². The topological polar surface area (TPSA) is 38.2 Å². The zero-order valence-corrected chi connectivity index (χ0v) is 14.6. The van der Waals surface area contributed by atoms with Gasteiger partial charge >= 0.3 is 0 Å². The molecule has 0 bridgehead atoms. The van der Waals surface area contributed by atoms with E-state index in [1.54, 1.807) is 18.6 Å². The van der Waals surface area contributed by atoms with Crippen LogP contribution in [0.15, 0.2) is 55.0 Å². The Kier molecular flexibility index (Phi) is 5.07. The molecular weight excluding hydrogens is 329 g/mol. The molecule has 1 saturated heterocycles. The number of benzene rings is 2. The Morgan fingerprint density at radius 2 is 1.92 bits per heavy atom. The summed E-state index contributed by atoms with van der Waals surface area (Å²) in [6.45, 7) is 3.32. The van der Waals surface area contributed by atoms with E-state index in [1.165, 1.54) is 6.07 Å². The molecule has 0 radical (unpaired) electrons. The van der Waals surface area contributed by atoms with Crippen molar-refractivity contribution in [1.82, 2.24) is 14.9 Å². The van der Waals surface area contributed by atoms with E-state index in [2.05, 4.69) is 14.9 Å². The number of ether oxygens (including phenoxy) is 1. The number of nitrogens with zero attached hydrogens (tertiary/aromatic N) is 3. The highest BCUT2D eigenvalue weighted by molar-refractivity contribution is 5.83. The first-order valence-electron chi connectivity index (χ1n) is 9.07. The predicted octanol–water partition coefficient (Wildman–Crippen LogP) is 4.06. The Morgan fingerprint density at radius 1 is 1.08 bits per heavy atom. The third-order valence-electron chi connectivity index (χ3n) is 5.04. The SMILES string of the molecule is Fc1ccccc1CN1CCC(COc2cccc3ncncc23)CC1. The number of aromatic nitrogens is 2. The van der Waals surface area contributed by atoms with Gasteiger partial charge < -0.3 is 4.74 Å². The second kappa shape index (κ2) is 7.79. The molecule has 0 amide bonds. The zero-order valence-electron chi connectivity index (χ0n) is 14.6. The lowest BCUT2D eigenvalue weighted by Crippen LogP contribution is -2.35. The fraction of sp³-hybridized carbons (Fsp3) is 0.333. The van der Waals surface area contributed by atoms with Crippen LogP contribution in [0, 0.1) is 11.7 Å². The molecule has 3 aromatic rings. The average molecular weight is 351 g/mol. The van der Waals surface area contributed by atoms with Crippen LogP contribution in [0.2, 0.25) is 0 Å². The van der Waals surface area contributed by atoms with E-state index in [4.69, 9.17) is 4.74 Å². The van der Waals surface area contributed by atoms with Crippen LogP contribution >= 0.6 is 0 Å². The van der Waals surface area contributed by atoms with Crippen molar-refractivity contribution in [3.8, 4) is 5.75 Å². The summed E-state index contributed by atoms with van der Waals surface area (Å²) in [5.74, 6) is 1.25. The summed E-state index contributed by atoms with van der Waals surface area (Å²) in [6.07, 6.45) is 5.48. The molecule has 1 aromatic heterocycles. The smallest absolute Gasteiger partial charge is 0.130 e. The van der Waals surface area contributed by atoms with E-state index in [9.17, 15) is 4.39 Å². The minimum absolute atomic E-state index is 0.115. The van der Waals surface area contributed by atoms with Crippen molar-refractivity contribution in [2.75, 3.05) is 19.7 Å². The van der Waals surface area contributed by atoms with Crippen LogP contribution in [0.5, 0.6) is 5.75 Å². The van der Waals surface area contributed by atoms with Gasteiger partial charge in [0.05, 0.1) is 17.5 Å². The van der Waals surface area contributed by atoms with Crippen molar-refractivity contribution in [3.05, 3.63) is 66.4 Å². The predicted molar refractivity (Wildman–Crippen MR) is 99.4 cm³/mol. The summed E-state index contributed by atoms with van der Waals surface area (Å²) in [6, 6.07) is 12.9. The molecule has 0 atom stereocenters. The molecule has 0 N–H and O–H groups in total. The first-order valence-corrected chi connectivity index (χ1v) is 9.07. The highest BCUT2D eigenvalue weighted by Crippen LogP contribution is 2.26. The third kappa shape index (κ3) is 3.83. The quantitative estimate of drug-likeness (QED) is 0.695. The van der Waals surface area contributed by atoms with Gasteiger partial charge in [-0.05, 0) is 50.0 Å². The third-order valence-corrected chi connectivity index (χ3v) is 5.04. The number of likely N-dealkylation sites (tertiary alicyclic amines) is 1. The molecule has 4 rings (SSSR count).